The highest BCUT2D eigenvalue weighted by atomic mass is 19.4. The fourth-order valence-electron chi connectivity index (χ4n) is 2.34. The summed E-state index contributed by atoms with van der Waals surface area (Å²) in [5.74, 6) is -0.186. The fourth-order valence-corrected chi connectivity index (χ4v) is 2.34. The predicted molar refractivity (Wildman–Crippen MR) is 55.6 cm³/mol. The lowest BCUT2D eigenvalue weighted by Crippen LogP contribution is -2.30. The van der Waals surface area contributed by atoms with Gasteiger partial charge < -0.3 is 0 Å². The molecule has 1 saturated carbocycles. The minimum absolute atomic E-state index is 0.186. The van der Waals surface area contributed by atoms with E-state index in [0.717, 1.165) is 32.1 Å². The lowest BCUT2D eigenvalue weighted by Gasteiger charge is -2.26. The Morgan fingerprint density at radius 2 is 1.73 bits per heavy atom. The highest BCUT2D eigenvalue weighted by molar-refractivity contribution is 5.02. The maximum atomic E-state index is 12.7. The average molecular weight is 222 g/mol. The largest absolute Gasteiger partial charge is 0.394 e. The highest BCUT2D eigenvalue weighted by Crippen LogP contribution is 2.63. The molecule has 0 aromatic carbocycles. The normalized spacial score (nSPS) is 21.4. The number of hydrogen-bond acceptors (Lipinski definition) is 0. The van der Waals surface area contributed by atoms with Gasteiger partial charge in [0.1, 0.15) is 0 Å². The zero-order valence-electron chi connectivity index (χ0n) is 9.66. The van der Waals surface area contributed by atoms with Gasteiger partial charge in [-0.2, -0.15) is 13.2 Å². The topological polar surface area (TPSA) is 0 Å². The van der Waals surface area contributed by atoms with Crippen molar-refractivity contribution >= 4 is 0 Å². The van der Waals surface area contributed by atoms with Crippen molar-refractivity contribution in [2.24, 2.45) is 11.3 Å². The molecule has 1 rings (SSSR count). The Kier molecular flexibility index (Phi) is 4.07. The lowest BCUT2D eigenvalue weighted by atomic mass is 9.85. The molecule has 15 heavy (non-hydrogen) atoms. The van der Waals surface area contributed by atoms with E-state index in [1.807, 2.05) is 0 Å². The Morgan fingerprint density at radius 1 is 1.13 bits per heavy atom. The van der Waals surface area contributed by atoms with Crippen LogP contribution in [-0.2, 0) is 0 Å². The van der Waals surface area contributed by atoms with E-state index >= 15 is 0 Å². The van der Waals surface area contributed by atoms with Crippen LogP contribution in [0.2, 0.25) is 0 Å². The molecule has 90 valence electrons. The van der Waals surface area contributed by atoms with Gasteiger partial charge in [-0.05, 0) is 25.2 Å². The molecule has 0 N–H and O–H groups in total. The number of alkyl halides is 3. The molecule has 0 saturated heterocycles. The van der Waals surface area contributed by atoms with Crippen LogP contribution in [0.3, 0.4) is 0 Å². The number of hydrogen-bond donors (Lipinski definition) is 0. The molecule has 0 heterocycles. The summed E-state index contributed by atoms with van der Waals surface area (Å²) in [6.45, 7) is 3.88. The molecule has 1 aliphatic rings. The van der Waals surface area contributed by atoms with Gasteiger partial charge in [0.05, 0.1) is 5.41 Å². The second-order valence-electron chi connectivity index (χ2n) is 4.90. The molecule has 0 aromatic rings. The molecular weight excluding hydrogens is 201 g/mol. The van der Waals surface area contributed by atoms with Gasteiger partial charge in [-0.1, -0.05) is 39.5 Å². The third-order valence-corrected chi connectivity index (χ3v) is 3.79. The van der Waals surface area contributed by atoms with Crippen LogP contribution in [0, 0.1) is 11.3 Å². The van der Waals surface area contributed by atoms with E-state index in [-0.39, 0.29) is 5.92 Å². The van der Waals surface area contributed by atoms with E-state index in [2.05, 4.69) is 6.92 Å². The van der Waals surface area contributed by atoms with E-state index in [1.165, 1.54) is 0 Å². The summed E-state index contributed by atoms with van der Waals surface area (Å²) in [5, 5.41) is 0. The Morgan fingerprint density at radius 3 is 2.13 bits per heavy atom. The summed E-state index contributed by atoms with van der Waals surface area (Å²) in [5.41, 5.74) is -1.31. The monoisotopic (exact) mass is 222 g/mol. The van der Waals surface area contributed by atoms with Crippen molar-refractivity contribution in [3.63, 3.8) is 0 Å². The van der Waals surface area contributed by atoms with Crippen molar-refractivity contribution in [3.05, 3.63) is 0 Å². The standard InChI is InChI=1S/C12H21F3/c1-3-4-5-6-7-10(2)11(8-9-11)12(13,14)15/h10H,3-9H2,1-2H3. The summed E-state index contributed by atoms with van der Waals surface area (Å²) < 4.78 is 38.2. The summed E-state index contributed by atoms with van der Waals surface area (Å²) in [7, 11) is 0. The van der Waals surface area contributed by atoms with E-state index in [1.54, 1.807) is 6.92 Å². The van der Waals surface area contributed by atoms with Crippen LogP contribution in [0.4, 0.5) is 13.2 Å². The minimum Gasteiger partial charge on any atom is -0.170 e. The molecule has 0 spiro atoms. The van der Waals surface area contributed by atoms with Crippen molar-refractivity contribution in [2.75, 3.05) is 0 Å². The molecule has 1 unspecified atom stereocenters. The Bertz CT molecular complexity index is 192. The third-order valence-electron chi connectivity index (χ3n) is 3.79. The third kappa shape index (κ3) is 2.88. The number of halogens is 3. The first-order valence-electron chi connectivity index (χ1n) is 6.01. The molecule has 0 bridgehead atoms. The van der Waals surface area contributed by atoms with Crippen molar-refractivity contribution in [3.8, 4) is 0 Å². The Hall–Kier alpha value is -0.210. The fraction of sp³-hybridized carbons (Fsp3) is 1.00. The number of rotatable bonds is 6. The van der Waals surface area contributed by atoms with E-state index in [9.17, 15) is 13.2 Å². The highest BCUT2D eigenvalue weighted by Gasteiger charge is 2.65. The first-order valence-corrected chi connectivity index (χ1v) is 6.01. The SMILES string of the molecule is CCCCCCC(C)C1(C(F)(F)F)CC1. The molecule has 1 aliphatic carbocycles. The zero-order valence-corrected chi connectivity index (χ0v) is 9.66. The maximum absolute atomic E-state index is 12.7. The molecule has 3 heteroatoms. The van der Waals surface area contributed by atoms with E-state index < -0.39 is 11.6 Å². The second kappa shape index (κ2) is 4.75. The van der Waals surface area contributed by atoms with Crippen LogP contribution < -0.4 is 0 Å². The number of unbranched alkanes of at least 4 members (excludes halogenated alkanes) is 3. The van der Waals surface area contributed by atoms with Gasteiger partial charge >= 0.3 is 6.18 Å². The Balaban J connectivity index is 2.31. The average Bonchev–Trinajstić information content (AvgIpc) is 2.91. The summed E-state index contributed by atoms with van der Waals surface area (Å²) in [4.78, 5) is 0. The molecule has 0 radical (unpaired) electrons. The van der Waals surface area contributed by atoms with Crippen LogP contribution in [0.25, 0.3) is 0 Å². The van der Waals surface area contributed by atoms with Crippen LogP contribution in [-0.4, -0.2) is 6.18 Å². The summed E-state index contributed by atoms with van der Waals surface area (Å²) >= 11 is 0. The minimum atomic E-state index is -3.98. The summed E-state index contributed by atoms with van der Waals surface area (Å²) in [6.07, 6.45) is 1.78. The van der Waals surface area contributed by atoms with Crippen molar-refractivity contribution in [2.45, 2.75) is 65.0 Å². The molecule has 1 atom stereocenters. The molecule has 0 aliphatic heterocycles. The van der Waals surface area contributed by atoms with Gasteiger partial charge in [-0.3, -0.25) is 0 Å². The van der Waals surface area contributed by atoms with Gasteiger partial charge in [0.25, 0.3) is 0 Å². The predicted octanol–water partition coefficient (Wildman–Crippen LogP) is 4.94. The first-order chi connectivity index (χ1) is 6.94. The lowest BCUT2D eigenvalue weighted by molar-refractivity contribution is -0.201. The quantitative estimate of drug-likeness (QED) is 0.559. The molecule has 0 aromatic heterocycles. The van der Waals surface area contributed by atoms with Crippen LogP contribution >= 0.6 is 0 Å². The van der Waals surface area contributed by atoms with E-state index in [4.69, 9.17) is 0 Å². The molecular formula is C12H21F3. The second-order valence-corrected chi connectivity index (χ2v) is 4.90. The summed E-state index contributed by atoms with van der Waals surface area (Å²) in [6, 6.07) is 0. The molecule has 0 amide bonds. The zero-order chi connectivity index (χ0) is 11.5. The van der Waals surface area contributed by atoms with Crippen molar-refractivity contribution in [1.29, 1.82) is 0 Å². The van der Waals surface area contributed by atoms with Crippen LogP contribution in [0.15, 0.2) is 0 Å². The Labute approximate surface area is 90.2 Å². The smallest absolute Gasteiger partial charge is 0.170 e. The maximum Gasteiger partial charge on any atom is 0.394 e. The molecule has 1 fully saturated rings. The van der Waals surface area contributed by atoms with Gasteiger partial charge in [0.2, 0.25) is 0 Å². The van der Waals surface area contributed by atoms with Gasteiger partial charge in [-0.15, -0.1) is 0 Å². The van der Waals surface area contributed by atoms with Crippen LogP contribution in [0.5, 0.6) is 0 Å². The van der Waals surface area contributed by atoms with E-state index in [0.29, 0.717) is 12.8 Å². The van der Waals surface area contributed by atoms with Gasteiger partial charge in [0, 0.05) is 0 Å². The van der Waals surface area contributed by atoms with Gasteiger partial charge in [0.15, 0.2) is 0 Å². The molecule has 0 nitrogen and oxygen atoms in total. The first kappa shape index (κ1) is 12.9. The van der Waals surface area contributed by atoms with Crippen molar-refractivity contribution < 1.29 is 13.2 Å². The van der Waals surface area contributed by atoms with Crippen LogP contribution in [0.1, 0.15) is 58.8 Å². The van der Waals surface area contributed by atoms with Crippen molar-refractivity contribution in [1.82, 2.24) is 0 Å². The van der Waals surface area contributed by atoms with Gasteiger partial charge in [-0.25, -0.2) is 0 Å².